The van der Waals surface area contributed by atoms with E-state index in [4.69, 9.17) is 11.6 Å². The predicted octanol–water partition coefficient (Wildman–Crippen LogP) is 2.87. The molecule has 0 amide bonds. The largest absolute Gasteiger partial charge is 0.369 e. The van der Waals surface area contributed by atoms with Gasteiger partial charge in [-0.3, -0.25) is 0 Å². The van der Waals surface area contributed by atoms with Gasteiger partial charge in [-0.1, -0.05) is 11.6 Å². The third-order valence-electron chi connectivity index (χ3n) is 1.43. The van der Waals surface area contributed by atoms with Crippen LogP contribution in [0.2, 0.25) is 5.02 Å². The lowest BCUT2D eigenvalue weighted by atomic mass is 10.4. The molecule has 0 spiro atoms. The summed E-state index contributed by atoms with van der Waals surface area (Å²) in [6.45, 7) is 1.90. The van der Waals surface area contributed by atoms with Gasteiger partial charge in [0.05, 0.1) is 14.9 Å². The monoisotopic (exact) mass is 323 g/mol. The van der Waals surface area contributed by atoms with Gasteiger partial charge in [-0.05, 0) is 35.6 Å². The average molecular weight is 324 g/mol. The number of aliphatic imine (C=N–C) groups is 1. The van der Waals surface area contributed by atoms with Gasteiger partial charge < -0.3 is 4.90 Å². The lowest BCUT2D eigenvalue weighted by Crippen LogP contribution is -2.07. The smallest absolute Gasteiger partial charge is 0.168 e. The van der Waals surface area contributed by atoms with Crippen molar-refractivity contribution >= 4 is 46.3 Å². The van der Waals surface area contributed by atoms with Gasteiger partial charge in [-0.2, -0.15) is 0 Å². The number of aryl methyl sites for hydroxylation is 1. The molecule has 0 saturated carbocycles. The van der Waals surface area contributed by atoms with Gasteiger partial charge in [0.15, 0.2) is 5.82 Å². The van der Waals surface area contributed by atoms with Gasteiger partial charge in [0.25, 0.3) is 0 Å². The highest BCUT2D eigenvalue weighted by Gasteiger charge is 2.05. The zero-order chi connectivity index (χ0) is 10.7. The van der Waals surface area contributed by atoms with E-state index < -0.39 is 0 Å². The predicted molar refractivity (Wildman–Crippen MR) is 68.5 cm³/mol. The number of nitrogens with zero attached hydrogens (tertiary/aromatic N) is 3. The SMILES string of the molecule is Cc1cc(Cl)c(I)c(N=CN(C)C)n1. The molecule has 0 aromatic carbocycles. The fourth-order valence-electron chi connectivity index (χ4n) is 0.858. The first kappa shape index (κ1) is 11.7. The van der Waals surface area contributed by atoms with Crippen LogP contribution in [0.15, 0.2) is 11.1 Å². The maximum absolute atomic E-state index is 6.00. The second kappa shape index (κ2) is 4.93. The molecule has 1 rings (SSSR count). The molecule has 0 atom stereocenters. The number of hydrogen-bond donors (Lipinski definition) is 0. The summed E-state index contributed by atoms with van der Waals surface area (Å²) in [7, 11) is 3.82. The molecule has 3 nitrogen and oxygen atoms in total. The third kappa shape index (κ3) is 3.09. The summed E-state index contributed by atoms with van der Waals surface area (Å²) in [6, 6.07) is 1.83. The van der Waals surface area contributed by atoms with E-state index in [0.29, 0.717) is 10.8 Å². The summed E-state index contributed by atoms with van der Waals surface area (Å²) >= 11 is 8.14. The molecule has 0 saturated heterocycles. The molecule has 0 radical (unpaired) electrons. The first-order valence-electron chi connectivity index (χ1n) is 4.04. The fraction of sp³-hybridized carbons (Fsp3) is 0.333. The Balaban J connectivity index is 3.08. The van der Waals surface area contributed by atoms with Crippen molar-refractivity contribution in [3.63, 3.8) is 0 Å². The maximum Gasteiger partial charge on any atom is 0.168 e. The Morgan fingerprint density at radius 1 is 1.57 bits per heavy atom. The van der Waals surface area contributed by atoms with Crippen molar-refractivity contribution in [2.24, 2.45) is 4.99 Å². The van der Waals surface area contributed by atoms with E-state index in [1.807, 2.05) is 32.0 Å². The Morgan fingerprint density at radius 3 is 2.79 bits per heavy atom. The lowest BCUT2D eigenvalue weighted by Gasteiger charge is -2.05. The Bertz CT molecular complexity index is 363. The molecule has 5 heteroatoms. The molecule has 76 valence electrons. The molecular weight excluding hydrogens is 312 g/mol. The summed E-state index contributed by atoms with van der Waals surface area (Å²) in [4.78, 5) is 10.4. The highest BCUT2D eigenvalue weighted by molar-refractivity contribution is 14.1. The van der Waals surface area contributed by atoms with Gasteiger partial charge in [0, 0.05) is 19.8 Å². The van der Waals surface area contributed by atoms with Gasteiger partial charge in [0.1, 0.15) is 0 Å². The molecule has 0 N–H and O–H groups in total. The highest BCUT2D eigenvalue weighted by atomic mass is 127. The molecule has 0 aliphatic rings. The van der Waals surface area contributed by atoms with E-state index >= 15 is 0 Å². The first-order chi connectivity index (χ1) is 6.50. The highest BCUT2D eigenvalue weighted by Crippen LogP contribution is 2.27. The maximum atomic E-state index is 6.00. The molecule has 0 aliphatic heterocycles. The summed E-state index contributed by atoms with van der Waals surface area (Å²) in [5.41, 5.74) is 0.876. The van der Waals surface area contributed by atoms with E-state index in [0.717, 1.165) is 9.26 Å². The van der Waals surface area contributed by atoms with Crippen LogP contribution >= 0.6 is 34.2 Å². The molecule has 14 heavy (non-hydrogen) atoms. The Hall–Kier alpha value is -0.360. The number of halogens is 2. The van der Waals surface area contributed by atoms with E-state index in [9.17, 15) is 0 Å². The second-order valence-electron chi connectivity index (χ2n) is 3.09. The van der Waals surface area contributed by atoms with Crippen molar-refractivity contribution in [3.8, 4) is 0 Å². The van der Waals surface area contributed by atoms with E-state index in [1.54, 1.807) is 6.34 Å². The van der Waals surface area contributed by atoms with Crippen molar-refractivity contribution in [1.82, 2.24) is 9.88 Å². The van der Waals surface area contributed by atoms with Gasteiger partial charge in [-0.15, -0.1) is 0 Å². The lowest BCUT2D eigenvalue weighted by molar-refractivity contribution is 0.643. The van der Waals surface area contributed by atoms with Crippen LogP contribution in [0.4, 0.5) is 5.82 Å². The van der Waals surface area contributed by atoms with Crippen molar-refractivity contribution in [2.75, 3.05) is 14.1 Å². The van der Waals surface area contributed by atoms with Gasteiger partial charge in [0.2, 0.25) is 0 Å². The summed E-state index contributed by atoms with van der Waals surface area (Å²) in [6.07, 6.45) is 1.71. The average Bonchev–Trinajstić information content (AvgIpc) is 2.08. The third-order valence-corrected chi connectivity index (χ3v) is 3.12. The van der Waals surface area contributed by atoms with Crippen LogP contribution in [-0.2, 0) is 0 Å². The minimum Gasteiger partial charge on any atom is -0.369 e. The van der Waals surface area contributed by atoms with Crippen molar-refractivity contribution in [1.29, 1.82) is 0 Å². The molecule has 1 heterocycles. The zero-order valence-electron chi connectivity index (χ0n) is 8.25. The normalized spacial score (nSPS) is 10.9. The van der Waals surface area contributed by atoms with Crippen LogP contribution in [-0.4, -0.2) is 30.3 Å². The molecule has 1 aromatic heterocycles. The van der Waals surface area contributed by atoms with Crippen LogP contribution < -0.4 is 0 Å². The molecule has 0 fully saturated rings. The van der Waals surface area contributed by atoms with Crippen LogP contribution in [0.5, 0.6) is 0 Å². The topological polar surface area (TPSA) is 28.5 Å². The van der Waals surface area contributed by atoms with Crippen molar-refractivity contribution in [2.45, 2.75) is 6.92 Å². The van der Waals surface area contributed by atoms with E-state index in [1.165, 1.54) is 0 Å². The van der Waals surface area contributed by atoms with Gasteiger partial charge >= 0.3 is 0 Å². The molecular formula is C9H11ClIN3. The molecule has 1 aromatic rings. The molecule has 0 bridgehead atoms. The second-order valence-corrected chi connectivity index (χ2v) is 4.58. The number of hydrogen-bond acceptors (Lipinski definition) is 2. The first-order valence-corrected chi connectivity index (χ1v) is 5.49. The van der Waals surface area contributed by atoms with Crippen LogP contribution in [0.25, 0.3) is 0 Å². The summed E-state index contributed by atoms with van der Waals surface area (Å²) in [5.74, 6) is 0.671. The van der Waals surface area contributed by atoms with Crippen LogP contribution in [0.3, 0.4) is 0 Å². The van der Waals surface area contributed by atoms with Crippen LogP contribution in [0.1, 0.15) is 5.69 Å². The van der Waals surface area contributed by atoms with Crippen molar-refractivity contribution in [3.05, 3.63) is 20.4 Å². The Morgan fingerprint density at radius 2 is 2.21 bits per heavy atom. The number of rotatable bonds is 2. The van der Waals surface area contributed by atoms with E-state index in [-0.39, 0.29) is 0 Å². The summed E-state index contributed by atoms with van der Waals surface area (Å²) < 4.78 is 0.882. The standard InChI is InChI=1S/C9H11ClIN3/c1-6-4-7(10)8(11)9(13-6)12-5-14(2)3/h4-5H,1-3H3. The van der Waals surface area contributed by atoms with Crippen molar-refractivity contribution < 1.29 is 0 Å². The molecule has 0 aliphatic carbocycles. The number of aromatic nitrogens is 1. The van der Waals surface area contributed by atoms with Crippen LogP contribution in [0, 0.1) is 10.5 Å². The fourth-order valence-corrected chi connectivity index (χ4v) is 1.52. The minimum atomic E-state index is 0.671. The number of pyridine rings is 1. The zero-order valence-corrected chi connectivity index (χ0v) is 11.2. The van der Waals surface area contributed by atoms with E-state index in [2.05, 4.69) is 32.6 Å². The molecule has 0 unspecified atom stereocenters. The Kier molecular flexibility index (Phi) is 4.12. The minimum absolute atomic E-state index is 0.671. The van der Waals surface area contributed by atoms with Gasteiger partial charge in [-0.25, -0.2) is 9.98 Å². The Labute approximate surface area is 102 Å². The summed E-state index contributed by atoms with van der Waals surface area (Å²) in [5, 5.41) is 0.698. The quantitative estimate of drug-likeness (QED) is 0.476.